The molecule has 0 fully saturated rings. The van der Waals surface area contributed by atoms with Crippen LogP contribution in [0.25, 0.3) is 0 Å². The Labute approximate surface area is 118 Å². The summed E-state index contributed by atoms with van der Waals surface area (Å²) < 4.78 is 39.8. The zero-order valence-corrected chi connectivity index (χ0v) is 11.0. The van der Waals surface area contributed by atoms with Crippen molar-refractivity contribution in [3.63, 3.8) is 0 Å². The molecule has 0 spiro atoms. The number of benzene rings is 1. The Bertz CT molecular complexity index is 573. The fraction of sp³-hybridized carbons (Fsp3) is 0.154. The zero-order valence-electron chi connectivity index (χ0n) is 10.2. The van der Waals surface area contributed by atoms with E-state index in [0.717, 1.165) is 10.5 Å². The SMILES string of the molecule is Nc1cnccc1SCc1ccc(OC(F)(F)F)cc1. The van der Waals surface area contributed by atoms with E-state index >= 15 is 0 Å². The van der Waals surface area contributed by atoms with E-state index in [4.69, 9.17) is 5.73 Å². The summed E-state index contributed by atoms with van der Waals surface area (Å²) in [6.45, 7) is 0. The quantitative estimate of drug-likeness (QED) is 0.871. The highest BCUT2D eigenvalue weighted by molar-refractivity contribution is 7.98. The highest BCUT2D eigenvalue weighted by Crippen LogP contribution is 2.28. The van der Waals surface area contributed by atoms with Crippen LogP contribution in [0.4, 0.5) is 18.9 Å². The monoisotopic (exact) mass is 300 g/mol. The average Bonchev–Trinajstić information content (AvgIpc) is 2.38. The summed E-state index contributed by atoms with van der Waals surface area (Å²) in [7, 11) is 0. The highest BCUT2D eigenvalue weighted by atomic mass is 32.2. The molecule has 7 heteroatoms. The van der Waals surface area contributed by atoms with E-state index in [9.17, 15) is 13.2 Å². The Morgan fingerprint density at radius 3 is 2.45 bits per heavy atom. The van der Waals surface area contributed by atoms with Crippen molar-refractivity contribution < 1.29 is 17.9 Å². The molecule has 0 aliphatic heterocycles. The summed E-state index contributed by atoms with van der Waals surface area (Å²) >= 11 is 1.49. The van der Waals surface area contributed by atoms with Crippen LogP contribution in [0.15, 0.2) is 47.6 Å². The van der Waals surface area contributed by atoms with Gasteiger partial charge in [0.05, 0.1) is 11.9 Å². The molecule has 1 aromatic carbocycles. The standard InChI is InChI=1S/C13H11F3N2OS/c14-13(15,16)19-10-3-1-9(2-4-10)8-20-12-5-6-18-7-11(12)17/h1-7H,8,17H2. The van der Waals surface area contributed by atoms with E-state index in [2.05, 4.69) is 9.72 Å². The van der Waals surface area contributed by atoms with E-state index in [1.807, 2.05) is 0 Å². The summed E-state index contributed by atoms with van der Waals surface area (Å²) in [4.78, 5) is 4.77. The molecule has 2 aromatic rings. The minimum Gasteiger partial charge on any atom is -0.406 e. The molecule has 1 heterocycles. The summed E-state index contributed by atoms with van der Waals surface area (Å²) in [5.74, 6) is 0.371. The first-order valence-electron chi connectivity index (χ1n) is 5.61. The fourth-order valence-electron chi connectivity index (χ4n) is 1.47. The second kappa shape index (κ2) is 6.04. The molecule has 0 amide bonds. The molecule has 0 bridgehead atoms. The van der Waals surface area contributed by atoms with Crippen molar-refractivity contribution in [1.82, 2.24) is 4.98 Å². The largest absolute Gasteiger partial charge is 0.573 e. The summed E-state index contributed by atoms with van der Waals surface area (Å²) in [5, 5.41) is 0. The number of ether oxygens (including phenoxy) is 1. The number of nitrogens with zero attached hydrogens (tertiary/aromatic N) is 1. The maximum atomic E-state index is 12.0. The number of nitrogen functional groups attached to an aromatic ring is 1. The van der Waals surface area contributed by atoms with Crippen LogP contribution in [0.3, 0.4) is 0 Å². The number of hydrogen-bond donors (Lipinski definition) is 1. The number of nitrogens with two attached hydrogens (primary N) is 1. The lowest BCUT2D eigenvalue weighted by Gasteiger charge is -2.09. The van der Waals surface area contributed by atoms with Crippen molar-refractivity contribution in [2.75, 3.05) is 5.73 Å². The Morgan fingerprint density at radius 1 is 1.15 bits per heavy atom. The first kappa shape index (κ1) is 14.5. The summed E-state index contributed by atoms with van der Waals surface area (Å²) in [6, 6.07) is 7.55. The van der Waals surface area contributed by atoms with Gasteiger partial charge in [-0.25, -0.2) is 0 Å². The molecule has 0 atom stereocenters. The Balaban J connectivity index is 1.96. The molecule has 2 rings (SSSR count). The third-order valence-corrected chi connectivity index (χ3v) is 3.52. The van der Waals surface area contributed by atoms with Crippen molar-refractivity contribution in [3.05, 3.63) is 48.3 Å². The molecule has 0 unspecified atom stereocenters. The molecule has 2 N–H and O–H groups in total. The highest BCUT2D eigenvalue weighted by Gasteiger charge is 2.30. The lowest BCUT2D eigenvalue weighted by atomic mass is 10.2. The number of hydrogen-bond acceptors (Lipinski definition) is 4. The van der Waals surface area contributed by atoms with Crippen LogP contribution in [0.1, 0.15) is 5.56 Å². The van der Waals surface area contributed by atoms with Gasteiger partial charge in [-0.2, -0.15) is 0 Å². The molecule has 0 aliphatic carbocycles. The van der Waals surface area contributed by atoms with E-state index < -0.39 is 6.36 Å². The minimum atomic E-state index is -4.66. The van der Waals surface area contributed by atoms with E-state index in [1.165, 1.54) is 23.9 Å². The number of thioether (sulfide) groups is 1. The van der Waals surface area contributed by atoms with Crippen molar-refractivity contribution in [3.8, 4) is 5.75 Å². The van der Waals surface area contributed by atoms with Crippen LogP contribution in [-0.2, 0) is 5.75 Å². The maximum absolute atomic E-state index is 12.0. The maximum Gasteiger partial charge on any atom is 0.573 e. The lowest BCUT2D eigenvalue weighted by molar-refractivity contribution is -0.274. The number of rotatable bonds is 4. The number of anilines is 1. The van der Waals surface area contributed by atoms with Crippen LogP contribution in [0.2, 0.25) is 0 Å². The lowest BCUT2D eigenvalue weighted by Crippen LogP contribution is -2.16. The van der Waals surface area contributed by atoms with Gasteiger partial charge in [-0.15, -0.1) is 24.9 Å². The summed E-state index contributed by atoms with van der Waals surface area (Å²) in [6.07, 6.45) is -1.47. The number of pyridine rings is 1. The van der Waals surface area contributed by atoms with Crippen LogP contribution in [0, 0.1) is 0 Å². The molecule has 20 heavy (non-hydrogen) atoms. The fourth-order valence-corrected chi connectivity index (χ4v) is 2.36. The average molecular weight is 300 g/mol. The molecular formula is C13H11F3N2OS. The zero-order chi connectivity index (χ0) is 14.6. The third-order valence-electron chi connectivity index (χ3n) is 2.36. The van der Waals surface area contributed by atoms with Gasteiger partial charge in [-0.05, 0) is 23.8 Å². The van der Waals surface area contributed by atoms with Crippen molar-refractivity contribution in [1.29, 1.82) is 0 Å². The van der Waals surface area contributed by atoms with Gasteiger partial charge in [-0.1, -0.05) is 12.1 Å². The van der Waals surface area contributed by atoms with Gasteiger partial charge in [0, 0.05) is 16.8 Å². The van der Waals surface area contributed by atoms with Gasteiger partial charge in [0.15, 0.2) is 0 Å². The molecule has 0 saturated heterocycles. The molecule has 106 valence electrons. The summed E-state index contributed by atoms with van der Waals surface area (Å²) in [5.41, 5.74) is 7.20. The predicted octanol–water partition coefficient (Wildman–Crippen LogP) is 3.85. The predicted molar refractivity (Wildman–Crippen MR) is 71.3 cm³/mol. The molecular weight excluding hydrogens is 289 g/mol. The van der Waals surface area contributed by atoms with Gasteiger partial charge >= 0.3 is 6.36 Å². The number of aromatic nitrogens is 1. The second-order valence-electron chi connectivity index (χ2n) is 3.89. The van der Waals surface area contributed by atoms with Crippen molar-refractivity contribution >= 4 is 17.4 Å². The molecule has 1 aromatic heterocycles. The van der Waals surface area contributed by atoms with Gasteiger partial charge in [0.2, 0.25) is 0 Å². The minimum absolute atomic E-state index is 0.227. The van der Waals surface area contributed by atoms with Crippen molar-refractivity contribution in [2.24, 2.45) is 0 Å². The van der Waals surface area contributed by atoms with Crippen LogP contribution in [-0.4, -0.2) is 11.3 Å². The number of alkyl halides is 3. The van der Waals surface area contributed by atoms with Crippen molar-refractivity contribution in [2.45, 2.75) is 17.0 Å². The first-order chi connectivity index (χ1) is 9.44. The Morgan fingerprint density at radius 2 is 1.85 bits per heavy atom. The number of halogens is 3. The van der Waals surface area contributed by atoms with Gasteiger partial charge in [0.1, 0.15) is 5.75 Å². The molecule has 0 saturated carbocycles. The van der Waals surface area contributed by atoms with Crippen LogP contribution in [0.5, 0.6) is 5.75 Å². The van der Waals surface area contributed by atoms with Gasteiger partial charge in [0.25, 0.3) is 0 Å². The Kier molecular flexibility index (Phi) is 4.39. The van der Waals surface area contributed by atoms with E-state index in [1.54, 1.807) is 30.6 Å². The molecule has 3 nitrogen and oxygen atoms in total. The topological polar surface area (TPSA) is 48.1 Å². The molecule has 0 aliphatic rings. The first-order valence-corrected chi connectivity index (χ1v) is 6.59. The second-order valence-corrected chi connectivity index (χ2v) is 4.91. The van der Waals surface area contributed by atoms with E-state index in [-0.39, 0.29) is 5.75 Å². The van der Waals surface area contributed by atoms with Gasteiger partial charge in [-0.3, -0.25) is 4.98 Å². The smallest absolute Gasteiger partial charge is 0.406 e. The Hall–Kier alpha value is -1.89. The van der Waals surface area contributed by atoms with Crippen LogP contribution < -0.4 is 10.5 Å². The third kappa shape index (κ3) is 4.34. The van der Waals surface area contributed by atoms with Crippen LogP contribution >= 0.6 is 11.8 Å². The van der Waals surface area contributed by atoms with Gasteiger partial charge < -0.3 is 10.5 Å². The van der Waals surface area contributed by atoms with E-state index in [0.29, 0.717) is 11.4 Å². The normalized spacial score (nSPS) is 11.3. The molecule has 0 radical (unpaired) electrons.